The molecule has 0 aliphatic carbocycles. The minimum Gasteiger partial charge on any atom is -0.443 e. The number of nitrogens with zero attached hydrogens (tertiary/aromatic N) is 2. The van der Waals surface area contributed by atoms with E-state index in [9.17, 15) is 9.59 Å². The van der Waals surface area contributed by atoms with Crippen molar-refractivity contribution in [1.82, 2.24) is 9.80 Å². The van der Waals surface area contributed by atoms with Crippen LogP contribution >= 0.6 is 0 Å². The molecule has 0 saturated carbocycles. The molecule has 2 atom stereocenters. The number of hydrogen-bond acceptors (Lipinski definition) is 6. The maximum atomic E-state index is 12.2. The number of benzene rings is 1. The summed E-state index contributed by atoms with van der Waals surface area (Å²) in [5.74, 6) is -0.804. The van der Waals surface area contributed by atoms with E-state index < -0.39 is 11.9 Å². The first-order valence-electron chi connectivity index (χ1n) is 9.37. The van der Waals surface area contributed by atoms with E-state index in [1.54, 1.807) is 24.3 Å². The van der Waals surface area contributed by atoms with Gasteiger partial charge in [0.25, 0.3) is 0 Å². The Morgan fingerprint density at radius 2 is 1.00 bits per heavy atom. The number of hydrogen-bond donors (Lipinski definition) is 0. The van der Waals surface area contributed by atoms with Crippen molar-refractivity contribution in [2.24, 2.45) is 0 Å². The first-order chi connectivity index (χ1) is 12.4. The molecular weight excluding hydrogens is 332 g/mol. The van der Waals surface area contributed by atoms with E-state index in [0.717, 1.165) is 26.2 Å². The highest BCUT2D eigenvalue weighted by molar-refractivity contribution is 5.93. The SMILES string of the molecule is CCN(CC)C(C)OC(=O)c1ccc(C(=O)OC(C)N(CC)CC)cc1. The molecule has 0 spiro atoms. The summed E-state index contributed by atoms with van der Waals surface area (Å²) in [5.41, 5.74) is 0.828. The first kappa shape index (κ1) is 22.1. The van der Waals surface area contributed by atoms with Crippen LogP contribution in [0.4, 0.5) is 0 Å². The summed E-state index contributed by atoms with van der Waals surface area (Å²) < 4.78 is 10.9. The molecule has 1 rings (SSSR count). The molecule has 146 valence electrons. The second-order valence-corrected chi connectivity index (χ2v) is 6.03. The van der Waals surface area contributed by atoms with Gasteiger partial charge in [-0.1, -0.05) is 27.7 Å². The van der Waals surface area contributed by atoms with Crippen LogP contribution in [-0.4, -0.2) is 60.4 Å². The third-order valence-corrected chi connectivity index (χ3v) is 4.56. The second kappa shape index (κ2) is 10.9. The number of esters is 2. The van der Waals surface area contributed by atoms with Crippen LogP contribution in [0.2, 0.25) is 0 Å². The van der Waals surface area contributed by atoms with E-state index in [4.69, 9.17) is 9.47 Å². The Labute approximate surface area is 157 Å². The molecule has 0 aliphatic heterocycles. The predicted octanol–water partition coefficient (Wildman–Crippen LogP) is 3.38. The van der Waals surface area contributed by atoms with Gasteiger partial charge in [-0.05, 0) is 64.3 Å². The molecule has 26 heavy (non-hydrogen) atoms. The number of rotatable bonds is 10. The normalized spacial score (nSPS) is 13.5. The summed E-state index contributed by atoms with van der Waals surface area (Å²) in [4.78, 5) is 28.6. The van der Waals surface area contributed by atoms with Crippen LogP contribution in [-0.2, 0) is 9.47 Å². The minimum absolute atomic E-state index is 0.294. The Kier molecular flexibility index (Phi) is 9.30. The van der Waals surface area contributed by atoms with Crippen molar-refractivity contribution < 1.29 is 19.1 Å². The van der Waals surface area contributed by atoms with Gasteiger partial charge in [-0.3, -0.25) is 9.80 Å². The molecule has 1 aromatic carbocycles. The van der Waals surface area contributed by atoms with Crippen molar-refractivity contribution in [3.05, 3.63) is 35.4 Å². The third kappa shape index (κ3) is 6.11. The van der Waals surface area contributed by atoms with E-state index in [1.807, 2.05) is 51.3 Å². The van der Waals surface area contributed by atoms with Crippen LogP contribution in [0.15, 0.2) is 24.3 Å². The van der Waals surface area contributed by atoms with Gasteiger partial charge in [-0.2, -0.15) is 0 Å². The Morgan fingerprint density at radius 1 is 0.731 bits per heavy atom. The molecule has 1 aromatic rings. The zero-order valence-electron chi connectivity index (χ0n) is 16.8. The fourth-order valence-electron chi connectivity index (χ4n) is 2.81. The topological polar surface area (TPSA) is 59.1 Å². The van der Waals surface area contributed by atoms with Gasteiger partial charge in [0.15, 0.2) is 12.5 Å². The van der Waals surface area contributed by atoms with Gasteiger partial charge in [-0.25, -0.2) is 9.59 Å². The fraction of sp³-hybridized carbons (Fsp3) is 0.600. The lowest BCUT2D eigenvalue weighted by Crippen LogP contribution is -2.36. The quantitative estimate of drug-likeness (QED) is 0.469. The maximum Gasteiger partial charge on any atom is 0.339 e. The summed E-state index contributed by atoms with van der Waals surface area (Å²) >= 11 is 0. The van der Waals surface area contributed by atoms with E-state index in [0.29, 0.717) is 11.1 Å². The van der Waals surface area contributed by atoms with Crippen molar-refractivity contribution in [3.8, 4) is 0 Å². The number of carbonyl (C=O) groups excluding carboxylic acids is 2. The average molecular weight is 364 g/mol. The zero-order chi connectivity index (χ0) is 19.7. The Bertz CT molecular complexity index is 515. The van der Waals surface area contributed by atoms with Crippen molar-refractivity contribution in [3.63, 3.8) is 0 Å². The van der Waals surface area contributed by atoms with E-state index in [1.165, 1.54) is 0 Å². The molecule has 0 N–H and O–H groups in total. The van der Waals surface area contributed by atoms with Gasteiger partial charge in [-0.15, -0.1) is 0 Å². The molecule has 0 aromatic heterocycles. The fourth-order valence-corrected chi connectivity index (χ4v) is 2.81. The van der Waals surface area contributed by atoms with Gasteiger partial charge in [0.2, 0.25) is 0 Å². The van der Waals surface area contributed by atoms with Gasteiger partial charge in [0, 0.05) is 0 Å². The van der Waals surface area contributed by atoms with Crippen molar-refractivity contribution in [1.29, 1.82) is 0 Å². The van der Waals surface area contributed by atoms with Crippen LogP contribution in [0.25, 0.3) is 0 Å². The molecule has 0 fully saturated rings. The van der Waals surface area contributed by atoms with Gasteiger partial charge in [0.05, 0.1) is 11.1 Å². The van der Waals surface area contributed by atoms with Crippen LogP contribution in [0.3, 0.4) is 0 Å². The summed E-state index contributed by atoms with van der Waals surface area (Å²) in [6.07, 6.45) is -0.589. The van der Waals surface area contributed by atoms with Crippen molar-refractivity contribution in [2.45, 2.75) is 54.0 Å². The molecule has 0 saturated heterocycles. The lowest BCUT2D eigenvalue weighted by molar-refractivity contribution is -0.0208. The summed E-state index contributed by atoms with van der Waals surface area (Å²) in [7, 11) is 0. The van der Waals surface area contributed by atoms with Gasteiger partial charge >= 0.3 is 11.9 Å². The van der Waals surface area contributed by atoms with Crippen LogP contribution < -0.4 is 0 Å². The molecular formula is C20H32N2O4. The lowest BCUT2D eigenvalue weighted by Gasteiger charge is -2.26. The molecule has 2 unspecified atom stereocenters. The standard InChI is InChI=1S/C20H32N2O4/c1-7-21(8-2)15(5)25-19(23)17-11-13-18(14-12-17)20(24)26-16(6)22(9-3)10-4/h11-16H,7-10H2,1-6H3. The minimum atomic E-state index is -0.402. The highest BCUT2D eigenvalue weighted by atomic mass is 16.6. The van der Waals surface area contributed by atoms with Crippen molar-refractivity contribution in [2.75, 3.05) is 26.2 Å². The highest BCUT2D eigenvalue weighted by Crippen LogP contribution is 2.12. The number of ether oxygens (including phenoxy) is 2. The molecule has 0 radical (unpaired) electrons. The number of carbonyl (C=O) groups is 2. The zero-order valence-corrected chi connectivity index (χ0v) is 16.8. The Balaban J connectivity index is 2.70. The van der Waals surface area contributed by atoms with Gasteiger partial charge in [0.1, 0.15) is 0 Å². The highest BCUT2D eigenvalue weighted by Gasteiger charge is 2.19. The summed E-state index contributed by atoms with van der Waals surface area (Å²) in [5, 5.41) is 0. The van der Waals surface area contributed by atoms with Gasteiger partial charge < -0.3 is 9.47 Å². The molecule has 6 nitrogen and oxygen atoms in total. The largest absolute Gasteiger partial charge is 0.443 e. The van der Waals surface area contributed by atoms with Crippen molar-refractivity contribution >= 4 is 11.9 Å². The Hall–Kier alpha value is -1.92. The van der Waals surface area contributed by atoms with Crippen LogP contribution in [0, 0.1) is 0 Å². The lowest BCUT2D eigenvalue weighted by atomic mass is 10.1. The molecule has 0 aliphatic rings. The van der Waals surface area contributed by atoms with Crippen LogP contribution in [0.1, 0.15) is 62.3 Å². The van der Waals surface area contributed by atoms with Crippen LogP contribution in [0.5, 0.6) is 0 Å². The average Bonchev–Trinajstić information content (AvgIpc) is 2.63. The summed E-state index contributed by atoms with van der Waals surface area (Å²) in [6, 6.07) is 6.37. The predicted molar refractivity (Wildman–Crippen MR) is 102 cm³/mol. The second-order valence-electron chi connectivity index (χ2n) is 6.03. The molecule has 0 bridgehead atoms. The summed E-state index contributed by atoms with van der Waals surface area (Å²) in [6.45, 7) is 15.0. The molecule has 0 heterocycles. The molecule has 0 amide bonds. The molecule has 6 heteroatoms. The van der Waals surface area contributed by atoms with E-state index in [2.05, 4.69) is 0 Å². The third-order valence-electron chi connectivity index (χ3n) is 4.56. The Morgan fingerprint density at radius 3 is 1.23 bits per heavy atom. The smallest absolute Gasteiger partial charge is 0.339 e. The maximum absolute atomic E-state index is 12.2. The monoisotopic (exact) mass is 364 g/mol. The van der Waals surface area contributed by atoms with E-state index in [-0.39, 0.29) is 12.5 Å². The first-order valence-corrected chi connectivity index (χ1v) is 9.37. The van der Waals surface area contributed by atoms with E-state index >= 15 is 0 Å².